The minimum Gasteiger partial charge on any atom is -0.444 e. The van der Waals surface area contributed by atoms with E-state index >= 15 is 0 Å². The Bertz CT molecular complexity index is 558. The van der Waals surface area contributed by atoms with E-state index in [2.05, 4.69) is 22.4 Å². The molecule has 0 saturated heterocycles. The van der Waals surface area contributed by atoms with Crippen molar-refractivity contribution in [2.24, 2.45) is 0 Å². The van der Waals surface area contributed by atoms with Crippen molar-refractivity contribution in [1.29, 1.82) is 0 Å². The van der Waals surface area contributed by atoms with Crippen LogP contribution < -0.4 is 5.32 Å². The molecule has 1 aromatic rings. The van der Waals surface area contributed by atoms with Crippen LogP contribution in [-0.4, -0.2) is 34.5 Å². The molecule has 0 aliphatic carbocycles. The Balaban J connectivity index is 2.98. The predicted octanol–water partition coefficient (Wildman–Crippen LogP) is 4.53. The molecule has 1 amide bonds. The van der Waals surface area contributed by atoms with Crippen LogP contribution >= 0.6 is 0 Å². The van der Waals surface area contributed by atoms with E-state index in [-0.39, 0.29) is 11.5 Å². The van der Waals surface area contributed by atoms with Gasteiger partial charge in [-0.05, 0) is 33.6 Å². The number of ether oxygens (including phenoxy) is 2. The second-order valence-electron chi connectivity index (χ2n) is 8.51. The van der Waals surface area contributed by atoms with Gasteiger partial charge in [0, 0.05) is 12.0 Å². The van der Waals surface area contributed by atoms with Gasteiger partial charge in [0.05, 0.1) is 6.04 Å². The maximum atomic E-state index is 12.2. The van der Waals surface area contributed by atoms with Gasteiger partial charge in [0.1, 0.15) is 11.7 Å². The van der Waals surface area contributed by atoms with Crippen molar-refractivity contribution < 1.29 is 18.8 Å². The van der Waals surface area contributed by atoms with Crippen LogP contribution in [-0.2, 0) is 14.9 Å². The third-order valence-corrected chi connectivity index (χ3v) is 3.64. The lowest BCUT2D eigenvalue weighted by Crippen LogP contribution is -2.43. The number of carbonyl (C=O) groups excluding carboxylic acids is 1. The van der Waals surface area contributed by atoms with Crippen molar-refractivity contribution in [3.05, 3.63) is 11.7 Å². The fraction of sp³-hybridized carbons (Fsp3) is 0.842. The number of aromatic nitrogens is 2. The summed E-state index contributed by atoms with van der Waals surface area (Å²) in [7, 11) is 0. The van der Waals surface area contributed by atoms with Crippen LogP contribution in [0.4, 0.5) is 4.79 Å². The van der Waals surface area contributed by atoms with Crippen LogP contribution in [0.25, 0.3) is 0 Å². The zero-order chi connectivity index (χ0) is 20.0. The lowest BCUT2D eigenvalue weighted by atomic mass is 9.97. The van der Waals surface area contributed by atoms with E-state index in [9.17, 15) is 4.79 Å². The molecule has 7 nitrogen and oxygen atoms in total. The van der Waals surface area contributed by atoms with E-state index in [0.29, 0.717) is 24.7 Å². The zero-order valence-electron chi connectivity index (χ0n) is 17.5. The summed E-state index contributed by atoms with van der Waals surface area (Å²) in [5, 5.41) is 7.00. The number of alkyl carbamates (subject to hydrolysis) is 1. The van der Waals surface area contributed by atoms with Crippen LogP contribution in [0.3, 0.4) is 0 Å². The first-order valence-corrected chi connectivity index (χ1v) is 9.43. The highest BCUT2D eigenvalue weighted by molar-refractivity contribution is 5.68. The van der Waals surface area contributed by atoms with Crippen LogP contribution in [0.1, 0.15) is 92.5 Å². The lowest BCUT2D eigenvalue weighted by Gasteiger charge is -2.27. The first kappa shape index (κ1) is 22.4. The van der Waals surface area contributed by atoms with E-state index in [1.807, 2.05) is 48.5 Å². The summed E-state index contributed by atoms with van der Waals surface area (Å²) in [4.78, 5) is 16.7. The van der Waals surface area contributed by atoms with E-state index in [1.54, 1.807) is 0 Å². The quantitative estimate of drug-likeness (QED) is 0.678. The number of nitrogens with one attached hydrogen (secondary N) is 1. The number of unbranched alkanes of at least 4 members (excludes halogenated alkanes) is 1. The fourth-order valence-electron chi connectivity index (χ4n) is 2.23. The molecule has 0 aliphatic rings. The SMILES string of the molecule is CCCCOC(c1noc(C(C)(C)C)n1)[C@H](CC)NC(=O)OC(C)(C)C. The smallest absolute Gasteiger partial charge is 0.407 e. The van der Waals surface area contributed by atoms with Crippen molar-refractivity contribution in [2.75, 3.05) is 6.61 Å². The molecule has 0 aromatic carbocycles. The maximum absolute atomic E-state index is 12.2. The van der Waals surface area contributed by atoms with Crippen molar-refractivity contribution in [1.82, 2.24) is 15.5 Å². The molecule has 150 valence electrons. The van der Waals surface area contributed by atoms with E-state index in [4.69, 9.17) is 14.0 Å². The summed E-state index contributed by atoms with van der Waals surface area (Å²) in [6.07, 6.45) is 1.62. The number of nitrogens with zero attached hydrogens (tertiary/aromatic N) is 2. The summed E-state index contributed by atoms with van der Waals surface area (Å²) >= 11 is 0. The Morgan fingerprint density at radius 3 is 2.31 bits per heavy atom. The fourth-order valence-corrected chi connectivity index (χ4v) is 2.23. The summed E-state index contributed by atoms with van der Waals surface area (Å²) in [6, 6.07) is -0.313. The minimum absolute atomic E-state index is 0.250. The van der Waals surface area contributed by atoms with Gasteiger partial charge >= 0.3 is 6.09 Å². The van der Waals surface area contributed by atoms with Gasteiger partial charge in [-0.15, -0.1) is 0 Å². The summed E-state index contributed by atoms with van der Waals surface area (Å²) in [6.45, 7) is 16.2. The van der Waals surface area contributed by atoms with Crippen molar-refractivity contribution >= 4 is 6.09 Å². The number of rotatable bonds is 8. The van der Waals surface area contributed by atoms with E-state index in [1.165, 1.54) is 0 Å². The lowest BCUT2D eigenvalue weighted by molar-refractivity contribution is 0.00573. The van der Waals surface area contributed by atoms with Crippen LogP contribution in [0, 0.1) is 0 Å². The Morgan fingerprint density at radius 1 is 1.19 bits per heavy atom. The molecule has 0 radical (unpaired) electrons. The molecule has 0 spiro atoms. The molecule has 1 aromatic heterocycles. The standard InChI is InChI=1S/C19H35N3O4/c1-9-11-12-24-14(15-21-16(26-22-15)18(3,4)5)13(10-2)20-17(23)25-19(6,7)8/h13-14H,9-12H2,1-8H3,(H,20,23)/t13-,14?/m0/s1. The van der Waals surface area contributed by atoms with Gasteiger partial charge in [-0.3, -0.25) is 0 Å². The van der Waals surface area contributed by atoms with Gasteiger partial charge in [-0.2, -0.15) is 4.98 Å². The highest BCUT2D eigenvalue weighted by atomic mass is 16.6. The number of hydrogen-bond acceptors (Lipinski definition) is 6. The monoisotopic (exact) mass is 369 g/mol. The molecule has 1 rings (SSSR count). The molecule has 0 saturated carbocycles. The summed E-state index contributed by atoms with van der Waals surface area (Å²) < 4.78 is 16.8. The normalized spacial score (nSPS) is 14.8. The number of carbonyl (C=O) groups is 1. The van der Waals surface area contributed by atoms with E-state index in [0.717, 1.165) is 12.8 Å². The third kappa shape index (κ3) is 7.32. The van der Waals surface area contributed by atoms with Crippen molar-refractivity contribution in [3.63, 3.8) is 0 Å². The Hall–Kier alpha value is -1.63. The highest BCUT2D eigenvalue weighted by Crippen LogP contribution is 2.26. The first-order chi connectivity index (χ1) is 12.0. The molecule has 2 atom stereocenters. The molecule has 1 heterocycles. The van der Waals surface area contributed by atoms with Crippen LogP contribution in [0.5, 0.6) is 0 Å². The molecular formula is C19H35N3O4. The Morgan fingerprint density at radius 2 is 1.85 bits per heavy atom. The molecule has 0 aliphatic heterocycles. The predicted molar refractivity (Wildman–Crippen MR) is 100 cm³/mol. The maximum Gasteiger partial charge on any atom is 0.407 e. The highest BCUT2D eigenvalue weighted by Gasteiger charge is 2.32. The molecule has 7 heteroatoms. The van der Waals surface area contributed by atoms with Gasteiger partial charge in [-0.25, -0.2) is 4.79 Å². The van der Waals surface area contributed by atoms with Crippen molar-refractivity contribution in [2.45, 2.75) is 97.8 Å². The number of hydrogen-bond donors (Lipinski definition) is 1. The molecule has 1 N–H and O–H groups in total. The molecule has 0 fully saturated rings. The summed E-state index contributed by atoms with van der Waals surface area (Å²) in [5.74, 6) is 0.998. The van der Waals surface area contributed by atoms with Gasteiger partial charge in [0.15, 0.2) is 0 Å². The van der Waals surface area contributed by atoms with Gasteiger partial charge in [0.25, 0.3) is 0 Å². The molecule has 0 bridgehead atoms. The van der Waals surface area contributed by atoms with Crippen LogP contribution in [0.2, 0.25) is 0 Å². The second kappa shape index (κ2) is 9.35. The van der Waals surface area contributed by atoms with Crippen molar-refractivity contribution in [3.8, 4) is 0 Å². The minimum atomic E-state index is -0.563. The Labute approximate surface area is 157 Å². The first-order valence-electron chi connectivity index (χ1n) is 9.43. The Kier molecular flexibility index (Phi) is 8.06. The largest absolute Gasteiger partial charge is 0.444 e. The average Bonchev–Trinajstić information content (AvgIpc) is 2.97. The topological polar surface area (TPSA) is 86.5 Å². The molecule has 26 heavy (non-hydrogen) atoms. The second-order valence-corrected chi connectivity index (χ2v) is 8.51. The number of amides is 1. The zero-order valence-corrected chi connectivity index (χ0v) is 17.5. The molecular weight excluding hydrogens is 334 g/mol. The third-order valence-electron chi connectivity index (χ3n) is 3.64. The van der Waals surface area contributed by atoms with Gasteiger partial charge in [0.2, 0.25) is 11.7 Å². The average molecular weight is 370 g/mol. The van der Waals surface area contributed by atoms with Gasteiger partial charge in [-0.1, -0.05) is 46.2 Å². The summed E-state index contributed by atoms with van der Waals surface area (Å²) in [5.41, 5.74) is -0.813. The van der Waals surface area contributed by atoms with Crippen LogP contribution in [0.15, 0.2) is 4.52 Å². The van der Waals surface area contributed by atoms with E-state index < -0.39 is 17.8 Å². The molecule has 1 unspecified atom stereocenters. The van der Waals surface area contributed by atoms with Gasteiger partial charge < -0.3 is 19.3 Å².